The van der Waals surface area contributed by atoms with Crippen LogP contribution in [-0.2, 0) is 0 Å². The predicted octanol–water partition coefficient (Wildman–Crippen LogP) is 2.84. The predicted molar refractivity (Wildman–Crippen MR) is 77.6 cm³/mol. The molecular weight excluding hydrogens is 250 g/mol. The fourth-order valence-electron chi connectivity index (χ4n) is 2.02. The molecule has 1 aromatic carbocycles. The van der Waals surface area contributed by atoms with Gasteiger partial charge in [0.05, 0.1) is 23.6 Å². The second-order valence-corrected chi connectivity index (χ2v) is 4.50. The molecular formula is C15H15N5. The van der Waals surface area contributed by atoms with Gasteiger partial charge in [0.1, 0.15) is 0 Å². The van der Waals surface area contributed by atoms with E-state index < -0.39 is 0 Å². The number of nitrogens with one attached hydrogen (secondary N) is 1. The first-order valence-corrected chi connectivity index (χ1v) is 6.45. The highest BCUT2D eigenvalue weighted by atomic mass is 15.3. The van der Waals surface area contributed by atoms with Crippen LogP contribution in [0.15, 0.2) is 61.3 Å². The van der Waals surface area contributed by atoms with Crippen LogP contribution in [0, 0.1) is 0 Å². The number of anilines is 1. The van der Waals surface area contributed by atoms with E-state index in [1.165, 1.54) is 0 Å². The molecule has 0 spiro atoms. The maximum atomic E-state index is 4.30. The lowest BCUT2D eigenvalue weighted by Gasteiger charge is -2.15. The molecule has 0 radical (unpaired) electrons. The molecule has 2 heterocycles. The zero-order valence-corrected chi connectivity index (χ0v) is 11.1. The fourth-order valence-corrected chi connectivity index (χ4v) is 2.02. The lowest BCUT2D eigenvalue weighted by molar-refractivity contribution is 0.825. The first kappa shape index (κ1) is 12.3. The van der Waals surface area contributed by atoms with E-state index in [0.717, 1.165) is 17.1 Å². The molecule has 0 fully saturated rings. The number of nitrogens with zero attached hydrogens (tertiary/aromatic N) is 4. The summed E-state index contributed by atoms with van der Waals surface area (Å²) in [4.78, 5) is 8.39. The Bertz CT molecular complexity index is 664. The standard InChI is InChI=1S/C15H15N5/c1-12(15-11-16-7-8-17-15)19-13-4-2-5-14(10-13)20-9-3-6-18-20/h2-12,19H,1H3. The van der Waals surface area contributed by atoms with Crippen molar-refractivity contribution in [2.75, 3.05) is 5.32 Å². The Morgan fingerprint density at radius 3 is 2.85 bits per heavy atom. The van der Waals surface area contributed by atoms with E-state index >= 15 is 0 Å². The molecule has 0 bridgehead atoms. The van der Waals surface area contributed by atoms with E-state index in [-0.39, 0.29) is 6.04 Å². The van der Waals surface area contributed by atoms with Crippen LogP contribution in [0.1, 0.15) is 18.7 Å². The second-order valence-electron chi connectivity index (χ2n) is 4.50. The maximum Gasteiger partial charge on any atom is 0.0806 e. The first-order valence-electron chi connectivity index (χ1n) is 6.45. The van der Waals surface area contributed by atoms with Gasteiger partial charge in [0, 0.05) is 30.5 Å². The van der Waals surface area contributed by atoms with Gasteiger partial charge in [-0.1, -0.05) is 6.07 Å². The number of rotatable bonds is 4. The second kappa shape index (κ2) is 5.52. The monoisotopic (exact) mass is 265 g/mol. The molecule has 1 unspecified atom stereocenters. The van der Waals surface area contributed by atoms with Gasteiger partial charge in [-0.25, -0.2) is 4.68 Å². The molecule has 5 heteroatoms. The molecule has 3 rings (SSSR count). The summed E-state index contributed by atoms with van der Waals surface area (Å²) in [6.45, 7) is 2.06. The normalized spacial score (nSPS) is 12.1. The molecule has 1 N–H and O–H groups in total. The Morgan fingerprint density at radius 1 is 1.15 bits per heavy atom. The third-order valence-electron chi connectivity index (χ3n) is 3.03. The lowest BCUT2D eigenvalue weighted by Crippen LogP contribution is -2.09. The van der Waals surface area contributed by atoms with Gasteiger partial charge in [-0.3, -0.25) is 9.97 Å². The van der Waals surface area contributed by atoms with Crippen molar-refractivity contribution in [1.82, 2.24) is 19.7 Å². The van der Waals surface area contributed by atoms with Gasteiger partial charge in [0.15, 0.2) is 0 Å². The minimum atomic E-state index is 0.0940. The number of aromatic nitrogens is 4. The molecule has 2 aromatic heterocycles. The zero-order chi connectivity index (χ0) is 13.8. The highest BCUT2D eigenvalue weighted by Crippen LogP contribution is 2.19. The quantitative estimate of drug-likeness (QED) is 0.788. The first-order chi connectivity index (χ1) is 9.83. The minimum Gasteiger partial charge on any atom is -0.377 e. The van der Waals surface area contributed by atoms with Crippen molar-refractivity contribution < 1.29 is 0 Å². The minimum absolute atomic E-state index is 0.0940. The highest BCUT2D eigenvalue weighted by Gasteiger charge is 2.07. The number of hydrogen-bond acceptors (Lipinski definition) is 4. The molecule has 5 nitrogen and oxygen atoms in total. The summed E-state index contributed by atoms with van der Waals surface area (Å²) < 4.78 is 1.83. The van der Waals surface area contributed by atoms with Gasteiger partial charge in [0.2, 0.25) is 0 Å². The summed E-state index contributed by atoms with van der Waals surface area (Å²) >= 11 is 0. The SMILES string of the molecule is CC(Nc1cccc(-n2cccn2)c1)c1cnccn1. The molecule has 20 heavy (non-hydrogen) atoms. The van der Waals surface area contributed by atoms with Crippen LogP contribution < -0.4 is 5.32 Å². The van der Waals surface area contributed by atoms with Crippen molar-refractivity contribution in [3.63, 3.8) is 0 Å². The van der Waals surface area contributed by atoms with Crippen LogP contribution in [-0.4, -0.2) is 19.7 Å². The van der Waals surface area contributed by atoms with Crippen molar-refractivity contribution in [3.05, 3.63) is 67.0 Å². The van der Waals surface area contributed by atoms with Gasteiger partial charge in [-0.05, 0) is 31.2 Å². The highest BCUT2D eigenvalue weighted by molar-refractivity contribution is 5.51. The smallest absolute Gasteiger partial charge is 0.0806 e. The van der Waals surface area contributed by atoms with Crippen LogP contribution in [0.4, 0.5) is 5.69 Å². The van der Waals surface area contributed by atoms with Crippen molar-refractivity contribution >= 4 is 5.69 Å². The van der Waals surface area contributed by atoms with Crippen LogP contribution in [0.3, 0.4) is 0 Å². The van der Waals surface area contributed by atoms with E-state index in [1.807, 2.05) is 35.1 Å². The zero-order valence-electron chi connectivity index (χ0n) is 11.1. The largest absolute Gasteiger partial charge is 0.377 e. The van der Waals surface area contributed by atoms with Crippen LogP contribution >= 0.6 is 0 Å². The van der Waals surface area contributed by atoms with E-state index in [1.54, 1.807) is 24.8 Å². The average molecular weight is 265 g/mol. The van der Waals surface area contributed by atoms with Crippen molar-refractivity contribution in [2.24, 2.45) is 0 Å². The summed E-state index contributed by atoms with van der Waals surface area (Å²) in [6.07, 6.45) is 8.84. The van der Waals surface area contributed by atoms with Crippen molar-refractivity contribution in [3.8, 4) is 5.69 Å². The van der Waals surface area contributed by atoms with Gasteiger partial charge in [-0.2, -0.15) is 5.10 Å². The number of benzene rings is 1. The molecule has 0 aliphatic rings. The molecule has 0 amide bonds. The topological polar surface area (TPSA) is 55.6 Å². The molecule has 100 valence electrons. The molecule has 0 aliphatic carbocycles. The van der Waals surface area contributed by atoms with Gasteiger partial charge >= 0.3 is 0 Å². The van der Waals surface area contributed by atoms with Crippen LogP contribution in [0.5, 0.6) is 0 Å². The lowest BCUT2D eigenvalue weighted by atomic mass is 10.2. The summed E-state index contributed by atoms with van der Waals surface area (Å²) in [5.74, 6) is 0. The van der Waals surface area contributed by atoms with E-state index in [2.05, 4.69) is 33.4 Å². The van der Waals surface area contributed by atoms with Gasteiger partial charge in [-0.15, -0.1) is 0 Å². The Morgan fingerprint density at radius 2 is 2.10 bits per heavy atom. The third kappa shape index (κ3) is 2.66. The van der Waals surface area contributed by atoms with Crippen LogP contribution in [0.2, 0.25) is 0 Å². The van der Waals surface area contributed by atoms with Crippen LogP contribution in [0.25, 0.3) is 5.69 Å². The molecule has 0 aliphatic heterocycles. The maximum absolute atomic E-state index is 4.30. The summed E-state index contributed by atoms with van der Waals surface area (Å²) in [7, 11) is 0. The molecule has 3 aromatic rings. The van der Waals surface area contributed by atoms with Crippen molar-refractivity contribution in [1.29, 1.82) is 0 Å². The summed E-state index contributed by atoms with van der Waals surface area (Å²) in [6, 6.07) is 10.1. The molecule has 0 saturated carbocycles. The van der Waals surface area contributed by atoms with E-state index in [0.29, 0.717) is 0 Å². The van der Waals surface area contributed by atoms with Gasteiger partial charge in [0.25, 0.3) is 0 Å². The van der Waals surface area contributed by atoms with Gasteiger partial charge < -0.3 is 5.32 Å². The molecule has 1 atom stereocenters. The Kier molecular flexibility index (Phi) is 3.41. The Hall–Kier alpha value is -2.69. The average Bonchev–Trinajstić information content (AvgIpc) is 3.03. The molecule has 0 saturated heterocycles. The van der Waals surface area contributed by atoms with Crippen molar-refractivity contribution in [2.45, 2.75) is 13.0 Å². The summed E-state index contributed by atoms with van der Waals surface area (Å²) in [5.41, 5.74) is 2.96. The third-order valence-corrected chi connectivity index (χ3v) is 3.03. The van der Waals surface area contributed by atoms with E-state index in [4.69, 9.17) is 0 Å². The Balaban J connectivity index is 1.80. The van der Waals surface area contributed by atoms with E-state index in [9.17, 15) is 0 Å². The Labute approximate surface area is 117 Å². The summed E-state index contributed by atoms with van der Waals surface area (Å²) in [5, 5.41) is 7.65. The number of hydrogen-bond donors (Lipinski definition) is 1. The fraction of sp³-hybridized carbons (Fsp3) is 0.133.